The van der Waals surface area contributed by atoms with Crippen molar-refractivity contribution in [2.24, 2.45) is 0 Å². The van der Waals surface area contributed by atoms with Crippen molar-refractivity contribution < 1.29 is 4.74 Å². The molecule has 1 N–H and O–H groups in total. The van der Waals surface area contributed by atoms with Crippen LogP contribution in [0.5, 0.6) is 5.75 Å². The molecule has 6 heteroatoms. The van der Waals surface area contributed by atoms with Crippen molar-refractivity contribution >= 4 is 27.6 Å². The maximum Gasteiger partial charge on any atom is 0.228 e. The van der Waals surface area contributed by atoms with E-state index in [2.05, 4.69) is 31.2 Å². The third-order valence-corrected chi connectivity index (χ3v) is 3.08. The summed E-state index contributed by atoms with van der Waals surface area (Å²) in [6, 6.07) is 9.16. The fraction of sp³-hybridized carbons (Fsp3) is 0.154. The minimum Gasteiger partial charge on any atom is -0.497 e. The fourth-order valence-corrected chi connectivity index (χ4v) is 1.88. The molecular weight excluding hydrogens is 308 g/mol. The van der Waals surface area contributed by atoms with Crippen LogP contribution in [-0.4, -0.2) is 17.1 Å². The average molecular weight is 319 g/mol. The molecule has 0 unspecified atom stereocenters. The second-order valence-electron chi connectivity index (χ2n) is 3.80. The molecule has 1 aromatic heterocycles. The monoisotopic (exact) mass is 318 g/mol. The van der Waals surface area contributed by atoms with E-state index in [4.69, 9.17) is 10.00 Å². The lowest BCUT2D eigenvalue weighted by molar-refractivity contribution is 0.415. The number of hydrogen-bond donors (Lipinski definition) is 1. The number of anilines is 2. The number of ether oxygens (including phenoxy) is 1. The maximum atomic E-state index is 8.89. The zero-order chi connectivity index (χ0) is 13.8. The molecular formula is C13H11BrN4O. The van der Waals surface area contributed by atoms with Crippen molar-refractivity contribution in [2.75, 3.05) is 12.4 Å². The second kappa shape index (κ2) is 5.67. The quantitative estimate of drug-likeness (QED) is 0.941. The number of aromatic nitrogens is 2. The summed E-state index contributed by atoms with van der Waals surface area (Å²) in [7, 11) is 1.60. The number of benzene rings is 1. The fourth-order valence-electron chi connectivity index (χ4n) is 1.53. The van der Waals surface area contributed by atoms with Crippen LogP contribution >= 0.6 is 15.9 Å². The molecule has 0 radical (unpaired) electrons. The van der Waals surface area contributed by atoms with Crippen LogP contribution in [-0.2, 0) is 0 Å². The van der Waals surface area contributed by atoms with Gasteiger partial charge in [0.15, 0.2) is 0 Å². The predicted molar refractivity (Wildman–Crippen MR) is 75.5 cm³/mol. The number of hydrogen-bond acceptors (Lipinski definition) is 5. The van der Waals surface area contributed by atoms with Gasteiger partial charge in [0.1, 0.15) is 17.5 Å². The number of aryl methyl sites for hydroxylation is 1. The van der Waals surface area contributed by atoms with E-state index < -0.39 is 0 Å². The summed E-state index contributed by atoms with van der Waals surface area (Å²) < 4.78 is 6.02. The van der Waals surface area contributed by atoms with Crippen molar-refractivity contribution in [2.45, 2.75) is 6.92 Å². The van der Waals surface area contributed by atoms with Crippen LogP contribution in [0.1, 0.15) is 11.4 Å². The molecule has 0 fully saturated rings. The first-order valence-corrected chi connectivity index (χ1v) is 6.28. The molecule has 2 aromatic rings. The first-order chi connectivity index (χ1) is 9.12. The van der Waals surface area contributed by atoms with E-state index in [0.717, 1.165) is 21.6 Å². The van der Waals surface area contributed by atoms with E-state index in [1.807, 2.05) is 31.2 Å². The van der Waals surface area contributed by atoms with Crippen LogP contribution in [0.15, 0.2) is 28.7 Å². The molecule has 5 nitrogen and oxygen atoms in total. The molecule has 19 heavy (non-hydrogen) atoms. The lowest BCUT2D eigenvalue weighted by Crippen LogP contribution is -2.01. The highest BCUT2D eigenvalue weighted by Crippen LogP contribution is 2.28. The Balaban J connectivity index is 2.36. The third kappa shape index (κ3) is 3.20. The Hall–Kier alpha value is -2.13. The summed E-state index contributed by atoms with van der Waals surface area (Å²) in [5.74, 6) is 1.10. The normalized spacial score (nSPS) is 9.79. The first-order valence-electron chi connectivity index (χ1n) is 5.48. The third-order valence-electron chi connectivity index (χ3n) is 2.39. The summed E-state index contributed by atoms with van der Waals surface area (Å²) in [6.07, 6.45) is 0. The lowest BCUT2D eigenvalue weighted by atomic mass is 10.3. The van der Waals surface area contributed by atoms with Crippen molar-refractivity contribution in [3.63, 3.8) is 0 Å². The van der Waals surface area contributed by atoms with Gasteiger partial charge in [-0.1, -0.05) is 0 Å². The molecule has 0 aliphatic rings. The summed E-state index contributed by atoms with van der Waals surface area (Å²) in [4.78, 5) is 8.34. The predicted octanol–water partition coefficient (Wildman–Crippen LogP) is 3.17. The van der Waals surface area contributed by atoms with E-state index in [-0.39, 0.29) is 0 Å². The standard InChI is InChI=1S/C13H11BrN4O/c1-8-5-9(7-15)17-13(16-8)18-12-6-10(19-2)3-4-11(12)14/h3-6H,1-2H3,(H,16,17,18). The number of nitrogens with one attached hydrogen (secondary N) is 1. The Morgan fingerprint density at radius 2 is 2.11 bits per heavy atom. The van der Waals surface area contributed by atoms with Gasteiger partial charge in [0.25, 0.3) is 0 Å². The summed E-state index contributed by atoms with van der Waals surface area (Å²) >= 11 is 3.43. The van der Waals surface area contributed by atoms with Crippen LogP contribution < -0.4 is 10.1 Å². The van der Waals surface area contributed by atoms with Gasteiger partial charge in [-0.25, -0.2) is 9.97 Å². The van der Waals surface area contributed by atoms with E-state index in [1.165, 1.54) is 0 Å². The van der Waals surface area contributed by atoms with Gasteiger partial charge in [-0.15, -0.1) is 0 Å². The van der Waals surface area contributed by atoms with Crippen LogP contribution in [0.4, 0.5) is 11.6 Å². The number of methoxy groups -OCH3 is 1. The van der Waals surface area contributed by atoms with E-state index in [9.17, 15) is 0 Å². The highest BCUT2D eigenvalue weighted by atomic mass is 79.9. The second-order valence-corrected chi connectivity index (χ2v) is 4.66. The SMILES string of the molecule is COc1ccc(Br)c(Nc2nc(C)cc(C#N)n2)c1. The highest BCUT2D eigenvalue weighted by Gasteiger charge is 2.06. The van der Waals surface area contributed by atoms with Gasteiger partial charge in [-0.3, -0.25) is 0 Å². The van der Waals surface area contributed by atoms with Crippen molar-refractivity contribution in [3.05, 3.63) is 40.1 Å². The first kappa shape index (κ1) is 13.3. The van der Waals surface area contributed by atoms with Crippen molar-refractivity contribution in [3.8, 4) is 11.8 Å². The van der Waals surface area contributed by atoms with Crippen LogP contribution in [0.2, 0.25) is 0 Å². The maximum absolute atomic E-state index is 8.89. The minimum absolute atomic E-state index is 0.328. The van der Waals surface area contributed by atoms with Gasteiger partial charge in [-0.2, -0.15) is 5.26 Å². The largest absolute Gasteiger partial charge is 0.497 e. The number of rotatable bonds is 3. The summed E-state index contributed by atoms with van der Waals surface area (Å²) in [5, 5.41) is 12.0. The Morgan fingerprint density at radius 1 is 1.32 bits per heavy atom. The molecule has 0 spiro atoms. The van der Waals surface area contributed by atoms with Crippen LogP contribution in [0.3, 0.4) is 0 Å². The smallest absolute Gasteiger partial charge is 0.228 e. The molecule has 0 amide bonds. The lowest BCUT2D eigenvalue weighted by Gasteiger charge is -2.09. The summed E-state index contributed by atoms with van der Waals surface area (Å²) in [5.41, 5.74) is 1.83. The Morgan fingerprint density at radius 3 is 2.79 bits per heavy atom. The molecule has 0 atom stereocenters. The van der Waals surface area contributed by atoms with Gasteiger partial charge >= 0.3 is 0 Å². The topological polar surface area (TPSA) is 70.8 Å². The van der Waals surface area contributed by atoms with Gasteiger partial charge in [-0.05, 0) is 41.1 Å². The number of nitriles is 1. The minimum atomic E-state index is 0.328. The zero-order valence-electron chi connectivity index (χ0n) is 10.4. The van der Waals surface area contributed by atoms with Crippen LogP contribution in [0.25, 0.3) is 0 Å². The number of nitrogens with zero attached hydrogens (tertiary/aromatic N) is 3. The molecule has 0 aliphatic carbocycles. The summed E-state index contributed by atoms with van der Waals surface area (Å²) in [6.45, 7) is 1.81. The molecule has 0 aliphatic heterocycles. The average Bonchev–Trinajstić information content (AvgIpc) is 2.40. The zero-order valence-corrected chi connectivity index (χ0v) is 12.0. The van der Waals surface area contributed by atoms with Crippen molar-refractivity contribution in [1.29, 1.82) is 5.26 Å². The van der Waals surface area contributed by atoms with Crippen LogP contribution in [0, 0.1) is 18.3 Å². The van der Waals surface area contributed by atoms with E-state index in [1.54, 1.807) is 13.2 Å². The Bertz CT molecular complexity index is 652. The molecule has 96 valence electrons. The van der Waals surface area contributed by atoms with E-state index >= 15 is 0 Å². The molecule has 2 rings (SSSR count). The molecule has 0 saturated heterocycles. The van der Waals surface area contributed by atoms with E-state index in [0.29, 0.717) is 11.6 Å². The molecule has 1 aromatic carbocycles. The highest BCUT2D eigenvalue weighted by molar-refractivity contribution is 9.10. The molecule has 1 heterocycles. The van der Waals surface area contributed by atoms with Gasteiger partial charge < -0.3 is 10.1 Å². The van der Waals surface area contributed by atoms with Gasteiger partial charge in [0, 0.05) is 16.2 Å². The van der Waals surface area contributed by atoms with Gasteiger partial charge in [0.2, 0.25) is 5.95 Å². The molecule has 0 bridgehead atoms. The Labute approximate surface area is 119 Å². The van der Waals surface area contributed by atoms with Crippen molar-refractivity contribution in [1.82, 2.24) is 9.97 Å². The Kier molecular flexibility index (Phi) is 3.97. The molecule has 0 saturated carbocycles. The van der Waals surface area contributed by atoms with Gasteiger partial charge in [0.05, 0.1) is 12.8 Å². The number of halogens is 1.